The minimum atomic E-state index is 0.769. The van der Waals surface area contributed by atoms with Crippen LogP contribution in [0.25, 0.3) is 12.2 Å². The average molecular weight is 332 g/mol. The Morgan fingerprint density at radius 2 is 1.52 bits per heavy atom. The van der Waals surface area contributed by atoms with Crippen molar-refractivity contribution in [2.24, 2.45) is 5.92 Å². The van der Waals surface area contributed by atoms with E-state index in [0.29, 0.717) is 0 Å². The number of allylic oxidation sites excluding steroid dienone is 2. The van der Waals surface area contributed by atoms with Crippen LogP contribution >= 0.6 is 0 Å². The van der Waals surface area contributed by atoms with E-state index in [1.165, 1.54) is 41.6 Å². The van der Waals surface area contributed by atoms with E-state index in [2.05, 4.69) is 92.6 Å². The topological polar surface area (TPSA) is 3.24 Å². The van der Waals surface area contributed by atoms with Crippen molar-refractivity contribution < 1.29 is 0 Å². The predicted molar refractivity (Wildman–Crippen MR) is 111 cm³/mol. The normalized spacial score (nSPS) is 16.5. The number of hydrogen-bond acceptors (Lipinski definition) is 1. The monoisotopic (exact) mass is 331 g/mol. The van der Waals surface area contributed by atoms with Gasteiger partial charge in [0.2, 0.25) is 0 Å². The van der Waals surface area contributed by atoms with E-state index >= 15 is 0 Å². The maximum absolute atomic E-state index is 2.39. The van der Waals surface area contributed by atoms with Gasteiger partial charge in [-0.1, -0.05) is 80.1 Å². The Bertz CT molecular complexity index is 761. The molecule has 0 spiro atoms. The van der Waals surface area contributed by atoms with Gasteiger partial charge in [0, 0.05) is 19.3 Å². The number of hydrogen-bond donors (Lipinski definition) is 0. The molecule has 0 N–H and O–H groups in total. The molecule has 0 atom stereocenters. The summed E-state index contributed by atoms with van der Waals surface area (Å²) in [5.41, 5.74) is 6.94. The van der Waals surface area contributed by atoms with Gasteiger partial charge in [-0.3, -0.25) is 0 Å². The maximum atomic E-state index is 2.39. The Morgan fingerprint density at radius 1 is 0.880 bits per heavy atom. The second kappa shape index (κ2) is 8.20. The van der Waals surface area contributed by atoms with E-state index in [9.17, 15) is 0 Å². The lowest BCUT2D eigenvalue weighted by atomic mass is 9.90. The largest absolute Gasteiger partial charge is 0.370 e. The maximum Gasteiger partial charge on any atom is 0.0440 e. The molecule has 2 aromatic rings. The van der Waals surface area contributed by atoms with Gasteiger partial charge in [-0.05, 0) is 47.9 Å². The molecule has 1 aliphatic heterocycles. The van der Waals surface area contributed by atoms with Crippen molar-refractivity contribution in [2.75, 3.05) is 11.9 Å². The van der Waals surface area contributed by atoms with Crippen LogP contribution in [0, 0.1) is 5.92 Å². The van der Waals surface area contributed by atoms with Gasteiger partial charge in [0.05, 0.1) is 0 Å². The first-order chi connectivity index (χ1) is 12.1. The molecule has 25 heavy (non-hydrogen) atoms. The van der Waals surface area contributed by atoms with Gasteiger partial charge in [-0.2, -0.15) is 0 Å². The molecule has 4 rings (SSSR count). The molecule has 1 saturated carbocycles. The second-order valence-corrected chi connectivity index (χ2v) is 7.37. The van der Waals surface area contributed by atoms with Crippen LogP contribution in [-0.4, -0.2) is 7.05 Å². The van der Waals surface area contributed by atoms with Gasteiger partial charge in [-0.15, -0.1) is 0 Å². The average Bonchev–Trinajstić information content (AvgIpc) is 2.57. The van der Waals surface area contributed by atoms with E-state index < -0.39 is 0 Å². The summed E-state index contributed by atoms with van der Waals surface area (Å²) < 4.78 is 0. The number of nitrogens with zero attached hydrogens (tertiary/aromatic N) is 1. The Labute approximate surface area is 152 Å². The highest BCUT2D eigenvalue weighted by molar-refractivity contribution is 5.79. The molecule has 0 unspecified atom stereocenters. The molecule has 130 valence electrons. The molecule has 0 aromatic heterocycles. The highest BCUT2D eigenvalue weighted by atomic mass is 15.1. The Balaban J connectivity index is 0.000000192. The van der Waals surface area contributed by atoms with Crippen LogP contribution in [-0.2, 0) is 6.54 Å². The number of anilines is 1. The molecule has 2 aliphatic rings. The summed E-state index contributed by atoms with van der Waals surface area (Å²) in [5, 5.41) is 0. The summed E-state index contributed by atoms with van der Waals surface area (Å²) in [6.45, 7) is 5.44. The van der Waals surface area contributed by atoms with Gasteiger partial charge < -0.3 is 4.90 Å². The molecule has 0 saturated heterocycles. The van der Waals surface area contributed by atoms with Crippen molar-refractivity contribution >= 4 is 17.8 Å². The predicted octanol–water partition coefficient (Wildman–Crippen LogP) is 6.56. The molecule has 1 heteroatoms. The number of para-hydroxylation sites is 1. The van der Waals surface area contributed by atoms with Gasteiger partial charge in [0.1, 0.15) is 0 Å². The molecule has 1 nitrogen and oxygen atoms in total. The molecular weight excluding hydrogens is 302 g/mol. The highest BCUT2D eigenvalue weighted by Crippen LogP contribution is 2.27. The lowest BCUT2D eigenvalue weighted by Crippen LogP contribution is -2.18. The fraction of sp³-hybridized carbons (Fsp3) is 0.333. The molecule has 0 bridgehead atoms. The van der Waals surface area contributed by atoms with Gasteiger partial charge in [0.15, 0.2) is 0 Å². The van der Waals surface area contributed by atoms with Crippen LogP contribution in [0.2, 0.25) is 0 Å². The summed E-state index contributed by atoms with van der Waals surface area (Å²) in [7, 11) is 2.15. The van der Waals surface area contributed by atoms with Crippen molar-refractivity contribution in [2.45, 2.75) is 39.7 Å². The van der Waals surface area contributed by atoms with Crippen molar-refractivity contribution in [3.63, 3.8) is 0 Å². The zero-order valence-electron chi connectivity index (χ0n) is 15.7. The van der Waals surface area contributed by atoms with Crippen LogP contribution < -0.4 is 4.90 Å². The fourth-order valence-electron chi connectivity index (χ4n) is 3.36. The molecule has 0 radical (unpaired) electrons. The van der Waals surface area contributed by atoms with Crippen LogP contribution in [0.5, 0.6) is 0 Å². The summed E-state index contributed by atoms with van der Waals surface area (Å²) in [5.74, 6) is 0.769. The van der Waals surface area contributed by atoms with Crippen molar-refractivity contribution in [1.82, 2.24) is 0 Å². The zero-order valence-corrected chi connectivity index (χ0v) is 15.7. The van der Waals surface area contributed by atoms with Crippen molar-refractivity contribution in [3.05, 3.63) is 76.9 Å². The van der Waals surface area contributed by atoms with Gasteiger partial charge in [-0.25, -0.2) is 0 Å². The molecule has 0 amide bonds. The summed E-state index contributed by atoms with van der Waals surface area (Å²) in [6, 6.07) is 17.1. The van der Waals surface area contributed by atoms with Gasteiger partial charge in [0.25, 0.3) is 0 Å². The van der Waals surface area contributed by atoms with Crippen LogP contribution in [0.15, 0.2) is 60.2 Å². The quantitative estimate of drug-likeness (QED) is 0.535. The van der Waals surface area contributed by atoms with E-state index in [1.807, 2.05) is 0 Å². The third-order valence-corrected chi connectivity index (χ3v) is 4.82. The molecule has 1 heterocycles. The number of benzene rings is 2. The second-order valence-electron chi connectivity index (χ2n) is 7.37. The van der Waals surface area contributed by atoms with E-state index in [-0.39, 0.29) is 0 Å². The third-order valence-electron chi connectivity index (χ3n) is 4.82. The fourth-order valence-corrected chi connectivity index (χ4v) is 3.36. The number of fused-ring (bicyclic) bond motifs is 2. The standard InChI is InChI=1S/C16H15N.C8H14/c1-17-12-15-8-3-2-6-13(15)10-11-14-7-4-5-9-16(14)17;1-7(2)6-8-4-3-5-8/h2-11H,12H2,1H3;6-7H,3-5H2,1-2H3/b11-10-;. The minimum absolute atomic E-state index is 0.769. The summed E-state index contributed by atoms with van der Waals surface area (Å²) >= 11 is 0. The van der Waals surface area contributed by atoms with Crippen molar-refractivity contribution in [3.8, 4) is 0 Å². The lowest BCUT2D eigenvalue weighted by molar-refractivity contribution is 0.642. The zero-order chi connectivity index (χ0) is 17.6. The minimum Gasteiger partial charge on any atom is -0.370 e. The van der Waals surface area contributed by atoms with E-state index in [4.69, 9.17) is 0 Å². The first kappa shape index (κ1) is 17.5. The summed E-state index contributed by atoms with van der Waals surface area (Å²) in [4.78, 5) is 2.30. The smallest absolute Gasteiger partial charge is 0.0440 e. The van der Waals surface area contributed by atoms with E-state index in [1.54, 1.807) is 5.57 Å². The highest BCUT2D eigenvalue weighted by Gasteiger charge is 2.10. The van der Waals surface area contributed by atoms with E-state index in [0.717, 1.165) is 12.5 Å². The van der Waals surface area contributed by atoms with Crippen LogP contribution in [0.3, 0.4) is 0 Å². The first-order valence-corrected chi connectivity index (χ1v) is 9.39. The SMILES string of the molecule is CC(C)C=C1CCC1.CN1Cc2ccccc2/C=C\c2ccccc21. The molecule has 1 aliphatic carbocycles. The third kappa shape index (κ3) is 4.63. The number of rotatable bonds is 1. The Hall–Kier alpha value is -2.28. The summed E-state index contributed by atoms with van der Waals surface area (Å²) in [6.07, 6.45) is 11.0. The molecular formula is C24H29N. The van der Waals surface area contributed by atoms with Crippen LogP contribution in [0.4, 0.5) is 5.69 Å². The Morgan fingerprint density at radius 3 is 2.16 bits per heavy atom. The van der Waals surface area contributed by atoms with Crippen molar-refractivity contribution in [1.29, 1.82) is 0 Å². The van der Waals surface area contributed by atoms with Crippen LogP contribution in [0.1, 0.15) is 49.8 Å². The molecule has 2 aromatic carbocycles. The van der Waals surface area contributed by atoms with Gasteiger partial charge >= 0.3 is 0 Å². The first-order valence-electron chi connectivity index (χ1n) is 9.39. The molecule has 1 fully saturated rings. The Kier molecular flexibility index (Phi) is 5.75. The lowest BCUT2D eigenvalue weighted by Gasteiger charge is -2.24.